The van der Waals surface area contributed by atoms with Gasteiger partial charge in [0.15, 0.2) is 5.03 Å². The lowest BCUT2D eigenvalue weighted by Gasteiger charge is -2.26. The average Bonchev–Trinajstić information content (AvgIpc) is 3.26. The van der Waals surface area contributed by atoms with Gasteiger partial charge in [-0.3, -0.25) is 4.68 Å². The van der Waals surface area contributed by atoms with E-state index in [-0.39, 0.29) is 24.2 Å². The van der Waals surface area contributed by atoms with Gasteiger partial charge in [-0.15, -0.1) is 0 Å². The maximum Gasteiger partial charge on any atom is 0.262 e. The minimum Gasteiger partial charge on any atom is -0.497 e. The fourth-order valence-corrected chi connectivity index (χ4v) is 4.79. The second-order valence-electron chi connectivity index (χ2n) is 7.63. The van der Waals surface area contributed by atoms with Gasteiger partial charge < -0.3 is 14.2 Å². The minimum absolute atomic E-state index is 0.0267. The highest BCUT2D eigenvalue weighted by atomic mass is 32.2. The number of aromatic nitrogens is 2. The first-order chi connectivity index (χ1) is 15.5. The Morgan fingerprint density at radius 1 is 0.969 bits per heavy atom. The van der Waals surface area contributed by atoms with Crippen molar-refractivity contribution in [1.29, 1.82) is 0 Å². The zero-order valence-corrected chi connectivity index (χ0v) is 19.0. The molecule has 2 heterocycles. The van der Waals surface area contributed by atoms with Crippen LogP contribution >= 0.6 is 0 Å². The standard InChI is InChI=1S/C23H27N3O5S/c1-29-20-7-3-18(4-8-20)15-26(16-19-5-9-21(30-2)10-6-19)32(27,28)23-11-13-25(24-23)17-22-12-14-31-22/h3-11,13,22H,12,14-17H2,1-2H3/t22-/m0/s1. The van der Waals surface area contributed by atoms with Gasteiger partial charge in [0.25, 0.3) is 10.0 Å². The maximum atomic E-state index is 13.5. The summed E-state index contributed by atoms with van der Waals surface area (Å²) in [5.74, 6) is 1.44. The van der Waals surface area contributed by atoms with Gasteiger partial charge in [-0.05, 0) is 47.9 Å². The molecule has 0 unspecified atom stereocenters. The van der Waals surface area contributed by atoms with Crippen molar-refractivity contribution in [3.05, 3.63) is 71.9 Å². The summed E-state index contributed by atoms with van der Waals surface area (Å²) in [6, 6.07) is 16.3. The van der Waals surface area contributed by atoms with Gasteiger partial charge in [-0.25, -0.2) is 8.42 Å². The Labute approximate surface area is 188 Å². The van der Waals surface area contributed by atoms with Gasteiger partial charge in [0, 0.05) is 25.9 Å². The summed E-state index contributed by atoms with van der Waals surface area (Å²) < 4.78 is 46.0. The maximum absolute atomic E-state index is 13.5. The summed E-state index contributed by atoms with van der Waals surface area (Å²) in [4.78, 5) is 0. The fraction of sp³-hybridized carbons (Fsp3) is 0.348. The van der Waals surface area contributed by atoms with Crippen LogP contribution in [0.5, 0.6) is 11.5 Å². The van der Waals surface area contributed by atoms with Crippen molar-refractivity contribution in [3.8, 4) is 11.5 Å². The van der Waals surface area contributed by atoms with Crippen LogP contribution in [0.1, 0.15) is 17.5 Å². The Morgan fingerprint density at radius 3 is 1.94 bits per heavy atom. The SMILES string of the molecule is COc1ccc(CN(Cc2ccc(OC)cc2)S(=O)(=O)c2ccn(C[C@@H]3CCO3)n2)cc1. The molecule has 1 atom stereocenters. The quantitative estimate of drug-likeness (QED) is 0.465. The van der Waals surface area contributed by atoms with Crippen molar-refractivity contribution in [2.45, 2.75) is 37.2 Å². The van der Waals surface area contributed by atoms with E-state index in [1.54, 1.807) is 31.2 Å². The zero-order chi connectivity index (χ0) is 22.6. The Bertz CT molecular complexity index is 1070. The van der Waals surface area contributed by atoms with Crippen LogP contribution in [0.25, 0.3) is 0 Å². The van der Waals surface area contributed by atoms with Crippen molar-refractivity contribution in [3.63, 3.8) is 0 Å². The van der Waals surface area contributed by atoms with E-state index in [2.05, 4.69) is 5.10 Å². The third kappa shape index (κ3) is 5.12. The van der Waals surface area contributed by atoms with E-state index in [1.807, 2.05) is 48.5 Å². The van der Waals surface area contributed by atoms with Crippen molar-refractivity contribution in [1.82, 2.24) is 14.1 Å². The number of nitrogens with zero attached hydrogens (tertiary/aromatic N) is 3. The fourth-order valence-electron chi connectivity index (χ4n) is 3.45. The number of benzene rings is 2. The van der Waals surface area contributed by atoms with Gasteiger partial charge in [0.2, 0.25) is 0 Å². The van der Waals surface area contributed by atoms with Crippen LogP contribution in [0.2, 0.25) is 0 Å². The van der Waals surface area contributed by atoms with Crippen LogP contribution in [0.15, 0.2) is 65.8 Å². The molecule has 2 aromatic carbocycles. The highest BCUT2D eigenvalue weighted by Crippen LogP contribution is 2.23. The second-order valence-corrected chi connectivity index (χ2v) is 9.51. The highest BCUT2D eigenvalue weighted by Gasteiger charge is 2.28. The first kappa shape index (κ1) is 22.3. The first-order valence-corrected chi connectivity index (χ1v) is 11.8. The molecule has 170 valence electrons. The molecule has 4 rings (SSSR count). The molecule has 0 N–H and O–H groups in total. The smallest absolute Gasteiger partial charge is 0.262 e. The summed E-state index contributed by atoms with van der Waals surface area (Å²) >= 11 is 0. The van der Waals surface area contributed by atoms with Crippen LogP contribution in [-0.4, -0.2) is 49.4 Å². The number of hydrogen-bond acceptors (Lipinski definition) is 6. The largest absolute Gasteiger partial charge is 0.497 e. The molecule has 8 nitrogen and oxygen atoms in total. The van der Waals surface area contributed by atoms with Crippen molar-refractivity contribution >= 4 is 10.0 Å². The van der Waals surface area contributed by atoms with Crippen molar-refractivity contribution in [2.75, 3.05) is 20.8 Å². The molecule has 9 heteroatoms. The molecule has 0 bridgehead atoms. The number of ether oxygens (including phenoxy) is 3. The van der Waals surface area contributed by atoms with E-state index in [0.717, 1.165) is 35.7 Å². The van der Waals surface area contributed by atoms with Crippen LogP contribution < -0.4 is 9.47 Å². The predicted molar refractivity (Wildman–Crippen MR) is 119 cm³/mol. The summed E-state index contributed by atoms with van der Waals surface area (Å²) in [6.07, 6.45) is 2.75. The molecule has 1 aliphatic rings. The summed E-state index contributed by atoms with van der Waals surface area (Å²) in [5, 5.41) is 4.36. The molecule has 32 heavy (non-hydrogen) atoms. The Morgan fingerprint density at radius 2 is 1.50 bits per heavy atom. The molecule has 1 aliphatic heterocycles. The average molecular weight is 458 g/mol. The van der Waals surface area contributed by atoms with E-state index < -0.39 is 10.0 Å². The van der Waals surface area contributed by atoms with Crippen LogP contribution in [0.4, 0.5) is 0 Å². The molecule has 0 amide bonds. The van der Waals surface area contributed by atoms with E-state index in [4.69, 9.17) is 14.2 Å². The zero-order valence-electron chi connectivity index (χ0n) is 18.2. The Balaban J connectivity index is 1.59. The molecule has 1 aromatic heterocycles. The molecule has 3 aromatic rings. The van der Waals surface area contributed by atoms with Crippen molar-refractivity contribution < 1.29 is 22.6 Å². The van der Waals surface area contributed by atoms with E-state index in [1.165, 1.54) is 4.31 Å². The number of hydrogen-bond donors (Lipinski definition) is 0. The monoisotopic (exact) mass is 457 g/mol. The van der Waals surface area contributed by atoms with Gasteiger partial charge in [0.05, 0.1) is 26.9 Å². The third-order valence-electron chi connectivity index (χ3n) is 5.44. The Hall–Kier alpha value is -2.88. The summed E-state index contributed by atoms with van der Waals surface area (Å²) in [7, 11) is -0.639. The molecule has 1 saturated heterocycles. The normalized spacial score (nSPS) is 16.0. The lowest BCUT2D eigenvalue weighted by molar-refractivity contribution is -0.0610. The third-order valence-corrected chi connectivity index (χ3v) is 7.12. The van der Waals surface area contributed by atoms with Gasteiger partial charge in [-0.2, -0.15) is 9.40 Å². The summed E-state index contributed by atoms with van der Waals surface area (Å²) in [6.45, 7) is 1.70. The molecular weight excluding hydrogens is 430 g/mol. The highest BCUT2D eigenvalue weighted by molar-refractivity contribution is 7.89. The van der Waals surface area contributed by atoms with E-state index in [0.29, 0.717) is 6.54 Å². The van der Waals surface area contributed by atoms with Crippen LogP contribution in [0.3, 0.4) is 0 Å². The first-order valence-electron chi connectivity index (χ1n) is 10.4. The van der Waals surface area contributed by atoms with Gasteiger partial charge in [0.1, 0.15) is 11.5 Å². The van der Waals surface area contributed by atoms with Crippen LogP contribution in [0, 0.1) is 0 Å². The predicted octanol–water partition coefficient (Wildman–Crippen LogP) is 3.08. The molecule has 0 spiro atoms. The number of sulfonamides is 1. The minimum atomic E-state index is -3.83. The van der Waals surface area contributed by atoms with Gasteiger partial charge >= 0.3 is 0 Å². The Kier molecular flexibility index (Phi) is 6.78. The number of rotatable bonds is 10. The lowest BCUT2D eigenvalue weighted by Crippen LogP contribution is -2.32. The second kappa shape index (κ2) is 9.72. The lowest BCUT2D eigenvalue weighted by atomic mass is 10.2. The molecular formula is C23H27N3O5S. The summed E-state index contributed by atoms with van der Waals surface area (Å²) in [5.41, 5.74) is 1.70. The topological polar surface area (TPSA) is 82.9 Å². The number of methoxy groups -OCH3 is 2. The van der Waals surface area contributed by atoms with Gasteiger partial charge in [-0.1, -0.05) is 24.3 Å². The van der Waals surface area contributed by atoms with E-state index in [9.17, 15) is 8.42 Å². The molecule has 0 aliphatic carbocycles. The van der Waals surface area contributed by atoms with E-state index >= 15 is 0 Å². The van der Waals surface area contributed by atoms with Crippen LogP contribution in [-0.2, 0) is 34.4 Å². The molecule has 1 fully saturated rings. The molecule has 0 saturated carbocycles. The van der Waals surface area contributed by atoms with Crippen molar-refractivity contribution in [2.24, 2.45) is 0 Å². The molecule has 0 radical (unpaired) electrons.